The summed E-state index contributed by atoms with van der Waals surface area (Å²) < 4.78 is 0. The fourth-order valence-electron chi connectivity index (χ4n) is 1.04. The van der Waals surface area contributed by atoms with Gasteiger partial charge in [0.25, 0.3) is 0 Å². The number of hydrogen-bond acceptors (Lipinski definition) is 2. The monoisotopic (exact) mass is 256 g/mol. The molecule has 0 spiro atoms. The Morgan fingerprint density at radius 1 is 1.35 bits per heavy atom. The maximum atomic E-state index is 11.6. The lowest BCUT2D eigenvalue weighted by Crippen LogP contribution is -2.00. The van der Waals surface area contributed by atoms with Gasteiger partial charge in [0.15, 0.2) is 5.78 Å². The molecule has 0 aliphatic carbocycles. The highest BCUT2D eigenvalue weighted by Gasteiger charge is 2.04. The third-order valence-electron chi connectivity index (χ3n) is 1.80. The minimum absolute atomic E-state index is 0. The smallest absolute Gasteiger partial charge is 0.162 e. The molecule has 0 N–H and O–H groups in total. The van der Waals surface area contributed by atoms with E-state index >= 15 is 0 Å². The third-order valence-corrected chi connectivity index (χ3v) is 2.49. The van der Waals surface area contributed by atoms with E-state index in [1.54, 1.807) is 23.9 Å². The van der Waals surface area contributed by atoms with Crippen molar-refractivity contribution in [1.29, 1.82) is 0 Å². The van der Waals surface area contributed by atoms with E-state index in [1.807, 2.05) is 32.9 Å². The number of Topliss-reactive ketones (excluding diaryl/α,β-unsaturated/α-hetero) is 1. The van der Waals surface area contributed by atoms with Crippen molar-refractivity contribution in [3.8, 4) is 0 Å². The second-order valence-corrected chi connectivity index (χ2v) is 3.84. The van der Waals surface area contributed by atoms with Crippen molar-refractivity contribution >= 4 is 17.5 Å². The van der Waals surface area contributed by atoms with Gasteiger partial charge in [-0.3, -0.25) is 4.79 Å². The summed E-state index contributed by atoms with van der Waals surface area (Å²) in [5.41, 5.74) is 0.783. The Bertz CT molecular complexity index is 239. The molecule has 0 heterocycles. The van der Waals surface area contributed by atoms with Crippen LogP contribution in [-0.2, 0) is 4.79 Å². The fourth-order valence-corrected chi connectivity index (χ4v) is 1.48. The Balaban J connectivity index is -0.000000616. The van der Waals surface area contributed by atoms with Crippen molar-refractivity contribution in [3.05, 3.63) is 36.5 Å². The Morgan fingerprint density at radius 2 is 1.94 bits per heavy atom. The van der Waals surface area contributed by atoms with E-state index in [0.29, 0.717) is 6.42 Å². The molecule has 0 bridgehead atoms. The molecule has 17 heavy (non-hydrogen) atoms. The van der Waals surface area contributed by atoms with Crippen LogP contribution in [-0.4, -0.2) is 17.8 Å². The number of thioether (sulfide) groups is 1. The lowest BCUT2D eigenvalue weighted by Gasteiger charge is -1.99. The van der Waals surface area contributed by atoms with Crippen LogP contribution in [0.25, 0.3) is 0 Å². The zero-order chi connectivity index (χ0) is 12.8. The number of allylic oxidation sites excluding steroid dienone is 5. The topological polar surface area (TPSA) is 17.1 Å². The van der Waals surface area contributed by atoms with Gasteiger partial charge in [0, 0.05) is 12.0 Å². The Labute approximate surface area is 112 Å². The first-order chi connectivity index (χ1) is 7.76. The molecule has 0 fully saturated rings. The lowest BCUT2D eigenvalue weighted by atomic mass is 10.1. The van der Waals surface area contributed by atoms with Gasteiger partial charge in [-0.15, -0.1) is 0 Å². The predicted octanol–water partition coefficient (Wildman–Crippen LogP) is 5.05. The van der Waals surface area contributed by atoms with Crippen LogP contribution in [0, 0.1) is 0 Å². The average Bonchev–Trinajstić information content (AvgIpc) is 2.33. The molecule has 0 aromatic carbocycles. The van der Waals surface area contributed by atoms with Crippen molar-refractivity contribution in [2.45, 2.75) is 41.0 Å². The maximum Gasteiger partial charge on any atom is 0.162 e. The first-order valence-electron chi connectivity index (χ1n) is 5.73. The summed E-state index contributed by atoms with van der Waals surface area (Å²) in [5.74, 6) is 1.27. The second-order valence-electron chi connectivity index (χ2n) is 2.86. The van der Waals surface area contributed by atoms with Crippen molar-refractivity contribution < 1.29 is 4.79 Å². The zero-order valence-corrected chi connectivity index (χ0v) is 11.8. The molecular weight excluding hydrogens is 228 g/mol. The Morgan fingerprint density at radius 3 is 2.35 bits per heavy atom. The molecule has 0 aromatic heterocycles. The van der Waals surface area contributed by atoms with Crippen molar-refractivity contribution in [1.82, 2.24) is 0 Å². The van der Waals surface area contributed by atoms with Crippen molar-refractivity contribution in [2.24, 2.45) is 0 Å². The Hall–Kier alpha value is -0.760. The van der Waals surface area contributed by atoms with Gasteiger partial charge in [0.05, 0.1) is 0 Å². The lowest BCUT2D eigenvalue weighted by molar-refractivity contribution is -0.115. The summed E-state index contributed by atoms with van der Waals surface area (Å²) in [7, 11) is 0. The quantitative estimate of drug-likeness (QED) is 0.360. The van der Waals surface area contributed by atoms with Crippen LogP contribution >= 0.6 is 11.8 Å². The van der Waals surface area contributed by atoms with E-state index in [2.05, 4.69) is 12.8 Å². The first kappa shape index (κ1) is 21.5. The number of carbonyl (C=O) groups excluding carboxylic acids is 1. The van der Waals surface area contributed by atoms with Gasteiger partial charge >= 0.3 is 0 Å². The standard InChI is InChI=1S/C12H18OS.C2H6.CH4/c1-4-6-8-11(5-2)12(13)9-7-10-14-3;1-2;/h4-6,8H,1,7,9-10H2,2-3H3;1-2H3;1H4/b8-6-,11-5+;;. The fraction of sp³-hybridized carbons (Fsp3) is 0.533. The van der Waals surface area contributed by atoms with Crippen LogP contribution in [0.4, 0.5) is 0 Å². The molecule has 0 aliphatic heterocycles. The summed E-state index contributed by atoms with van der Waals surface area (Å²) in [5, 5.41) is 0. The predicted molar refractivity (Wildman–Crippen MR) is 83.8 cm³/mol. The van der Waals surface area contributed by atoms with Crippen LogP contribution in [0.3, 0.4) is 0 Å². The molecule has 0 amide bonds. The first-order valence-corrected chi connectivity index (χ1v) is 7.13. The minimum atomic E-state index is 0. The van der Waals surface area contributed by atoms with E-state index in [0.717, 1.165) is 17.7 Å². The molecule has 0 unspecified atom stereocenters. The summed E-state index contributed by atoms with van der Waals surface area (Å²) in [6, 6.07) is 0. The van der Waals surface area contributed by atoms with E-state index in [1.165, 1.54) is 0 Å². The maximum absolute atomic E-state index is 11.6. The van der Waals surface area contributed by atoms with Gasteiger partial charge in [0.2, 0.25) is 0 Å². The van der Waals surface area contributed by atoms with Crippen molar-refractivity contribution in [2.75, 3.05) is 12.0 Å². The Kier molecular flexibility index (Phi) is 22.3. The van der Waals surface area contributed by atoms with Gasteiger partial charge in [0.1, 0.15) is 0 Å². The average molecular weight is 256 g/mol. The third kappa shape index (κ3) is 13.2. The molecule has 1 nitrogen and oxygen atoms in total. The molecule has 0 saturated carbocycles. The highest BCUT2D eigenvalue weighted by Crippen LogP contribution is 2.07. The highest BCUT2D eigenvalue weighted by atomic mass is 32.2. The highest BCUT2D eigenvalue weighted by molar-refractivity contribution is 7.98. The van der Waals surface area contributed by atoms with Crippen molar-refractivity contribution in [3.63, 3.8) is 0 Å². The number of ketones is 1. The van der Waals surface area contributed by atoms with Crippen LogP contribution in [0.2, 0.25) is 0 Å². The van der Waals surface area contributed by atoms with Crippen LogP contribution in [0.15, 0.2) is 36.5 Å². The van der Waals surface area contributed by atoms with Gasteiger partial charge < -0.3 is 0 Å². The van der Waals surface area contributed by atoms with Crippen LogP contribution in [0.5, 0.6) is 0 Å². The van der Waals surface area contributed by atoms with Crippen LogP contribution in [0.1, 0.15) is 41.0 Å². The van der Waals surface area contributed by atoms with Gasteiger partial charge in [-0.2, -0.15) is 11.8 Å². The zero-order valence-electron chi connectivity index (χ0n) is 11.0. The minimum Gasteiger partial charge on any atom is -0.294 e. The second kappa shape index (κ2) is 17.6. The molecule has 0 atom stereocenters. The molecule has 100 valence electrons. The van der Waals surface area contributed by atoms with E-state index in [-0.39, 0.29) is 13.2 Å². The summed E-state index contributed by atoms with van der Waals surface area (Å²) in [6.45, 7) is 9.46. The van der Waals surface area contributed by atoms with Gasteiger partial charge in [-0.05, 0) is 25.4 Å². The molecule has 0 aromatic rings. The SMILES string of the molecule is C.C=C/C=C\C(=C/C)C(=O)CCCSC.CC. The largest absolute Gasteiger partial charge is 0.294 e. The molecular formula is C15H28OS. The number of hydrogen-bond donors (Lipinski definition) is 0. The molecule has 0 rings (SSSR count). The van der Waals surface area contributed by atoms with Gasteiger partial charge in [-0.25, -0.2) is 0 Å². The number of carbonyl (C=O) groups is 1. The molecule has 2 heteroatoms. The number of rotatable bonds is 7. The van der Waals surface area contributed by atoms with Crippen LogP contribution < -0.4 is 0 Å². The summed E-state index contributed by atoms with van der Waals surface area (Å²) >= 11 is 1.77. The van der Waals surface area contributed by atoms with E-state index in [9.17, 15) is 4.79 Å². The summed E-state index contributed by atoms with van der Waals surface area (Å²) in [6.07, 6.45) is 10.8. The van der Waals surface area contributed by atoms with E-state index < -0.39 is 0 Å². The molecule has 0 radical (unpaired) electrons. The van der Waals surface area contributed by atoms with Gasteiger partial charge in [-0.1, -0.05) is 52.2 Å². The normalized spacial score (nSPS) is 10.2. The molecule has 0 saturated heterocycles. The summed E-state index contributed by atoms with van der Waals surface area (Å²) in [4.78, 5) is 11.6. The molecule has 0 aliphatic rings. The van der Waals surface area contributed by atoms with E-state index in [4.69, 9.17) is 0 Å².